The Bertz CT molecular complexity index is 1640. The van der Waals surface area contributed by atoms with E-state index in [0.717, 1.165) is 28.7 Å². The Labute approximate surface area is 216 Å². The lowest BCUT2D eigenvalue weighted by Crippen LogP contribution is -2.36. The molecule has 1 amide bonds. The summed E-state index contributed by atoms with van der Waals surface area (Å²) >= 11 is 0. The predicted octanol–water partition coefficient (Wildman–Crippen LogP) is 5.83. The van der Waals surface area contributed by atoms with Crippen molar-refractivity contribution in [2.45, 2.75) is 25.4 Å². The van der Waals surface area contributed by atoms with E-state index in [-0.39, 0.29) is 28.6 Å². The number of hydrogen-bond donors (Lipinski definition) is 2. The Morgan fingerprint density at radius 3 is 2.61 bits per heavy atom. The van der Waals surface area contributed by atoms with Gasteiger partial charge in [-0.15, -0.1) is 0 Å². The van der Waals surface area contributed by atoms with Gasteiger partial charge < -0.3 is 15.0 Å². The smallest absolute Gasteiger partial charge is 0.405 e. The molecule has 2 unspecified atom stereocenters. The van der Waals surface area contributed by atoms with E-state index in [1.165, 1.54) is 29.1 Å². The summed E-state index contributed by atoms with van der Waals surface area (Å²) in [5, 5.41) is 11.6. The van der Waals surface area contributed by atoms with Crippen LogP contribution in [-0.2, 0) is 0 Å². The van der Waals surface area contributed by atoms with E-state index < -0.39 is 29.6 Å². The summed E-state index contributed by atoms with van der Waals surface area (Å²) in [6.45, 7) is 4.12. The molecule has 4 aromatic rings. The van der Waals surface area contributed by atoms with Crippen molar-refractivity contribution in [3.05, 3.63) is 106 Å². The molecule has 2 aromatic carbocycles. The molecule has 5 rings (SSSR count). The zero-order valence-electron chi connectivity index (χ0n) is 20.4. The number of aryl methyl sites for hydroxylation is 1. The number of halogens is 3. The van der Waals surface area contributed by atoms with Gasteiger partial charge in [0.25, 0.3) is 5.91 Å². The molecule has 194 valence electrons. The summed E-state index contributed by atoms with van der Waals surface area (Å²) in [7, 11) is 0. The van der Waals surface area contributed by atoms with Gasteiger partial charge in [-0.3, -0.25) is 9.59 Å². The van der Waals surface area contributed by atoms with Crippen LogP contribution in [0.4, 0.5) is 13.2 Å². The number of aliphatic hydroxyl groups is 1. The summed E-state index contributed by atoms with van der Waals surface area (Å²) in [5.41, 5.74) is 3.79. The maximum Gasteiger partial charge on any atom is 0.405 e. The predicted molar refractivity (Wildman–Crippen MR) is 139 cm³/mol. The topological polar surface area (TPSA) is 84.2 Å². The average Bonchev–Trinajstić information content (AvgIpc) is 3.68. The summed E-state index contributed by atoms with van der Waals surface area (Å²) in [6.07, 6.45) is -1.01. The van der Waals surface area contributed by atoms with Gasteiger partial charge in [-0.25, -0.2) is 4.98 Å². The van der Waals surface area contributed by atoms with Crippen molar-refractivity contribution >= 4 is 16.9 Å². The Morgan fingerprint density at radius 1 is 1.16 bits per heavy atom. The second-order valence-electron chi connectivity index (χ2n) is 9.48. The van der Waals surface area contributed by atoms with Crippen LogP contribution in [-0.4, -0.2) is 33.3 Å². The van der Waals surface area contributed by atoms with E-state index in [2.05, 4.69) is 17.6 Å². The SMILES string of the molecule is C=C(O)C1CC1c1ccc(-c2cccc(-n3cc(C(=O)NCC(F)(F)F)c(=O)c4cccnc43)c2)cc1C. The van der Waals surface area contributed by atoms with Gasteiger partial charge in [0.05, 0.1) is 11.1 Å². The second kappa shape index (κ2) is 9.48. The number of benzene rings is 2. The van der Waals surface area contributed by atoms with Crippen molar-refractivity contribution in [3.8, 4) is 16.8 Å². The number of carbonyl (C=O) groups excluding carboxylic acids is 1. The van der Waals surface area contributed by atoms with Gasteiger partial charge in [-0.1, -0.05) is 36.9 Å². The highest BCUT2D eigenvalue weighted by Crippen LogP contribution is 2.51. The first-order valence-corrected chi connectivity index (χ1v) is 12.0. The first-order valence-electron chi connectivity index (χ1n) is 12.0. The standard InChI is InChI=1S/C29H24F3N3O3/c1-16-11-19(8-9-21(16)24-13-23(24)17(2)36)18-5-3-6-20(12-18)35-14-25(28(38)34-15-29(30,31)32)26(37)22-7-4-10-33-27(22)35/h3-12,14,23-24,36H,2,13,15H2,1H3,(H,34,38). The lowest BCUT2D eigenvalue weighted by atomic mass is 9.96. The zero-order chi connectivity index (χ0) is 27.2. The normalized spacial score (nSPS) is 16.8. The van der Waals surface area contributed by atoms with Crippen LogP contribution in [0.1, 0.15) is 33.8 Å². The van der Waals surface area contributed by atoms with Crippen molar-refractivity contribution in [2.75, 3.05) is 6.54 Å². The highest BCUT2D eigenvalue weighted by molar-refractivity contribution is 5.97. The fraction of sp³-hybridized carbons (Fsp3) is 0.207. The lowest BCUT2D eigenvalue weighted by Gasteiger charge is -2.15. The van der Waals surface area contributed by atoms with Crippen molar-refractivity contribution in [1.29, 1.82) is 0 Å². The number of carbonyl (C=O) groups is 1. The molecule has 1 saturated carbocycles. The highest BCUT2D eigenvalue weighted by atomic mass is 19.4. The Kier molecular flexibility index (Phi) is 6.30. The minimum Gasteiger partial charge on any atom is -0.513 e. The minimum atomic E-state index is -4.61. The average molecular weight is 520 g/mol. The maximum absolute atomic E-state index is 12.9. The molecule has 0 spiro atoms. The van der Waals surface area contributed by atoms with E-state index in [4.69, 9.17) is 0 Å². The third-order valence-electron chi connectivity index (χ3n) is 6.80. The molecule has 1 aliphatic rings. The van der Waals surface area contributed by atoms with E-state index >= 15 is 0 Å². The number of hydrogen-bond acceptors (Lipinski definition) is 4. The van der Waals surface area contributed by atoms with Crippen molar-refractivity contribution in [3.63, 3.8) is 0 Å². The number of nitrogens with one attached hydrogen (secondary N) is 1. The molecule has 2 aromatic heterocycles. The van der Waals surface area contributed by atoms with Gasteiger partial charge in [-0.2, -0.15) is 13.2 Å². The van der Waals surface area contributed by atoms with Gasteiger partial charge in [0.15, 0.2) is 0 Å². The molecule has 6 nitrogen and oxygen atoms in total. The number of allylic oxidation sites excluding steroid dienone is 1. The minimum absolute atomic E-state index is 0.0894. The fourth-order valence-corrected chi connectivity index (χ4v) is 4.81. The first kappa shape index (κ1) is 25.3. The van der Waals surface area contributed by atoms with Crippen LogP contribution in [0.5, 0.6) is 0 Å². The van der Waals surface area contributed by atoms with Crippen LogP contribution in [0.2, 0.25) is 0 Å². The van der Waals surface area contributed by atoms with Crippen molar-refractivity contribution < 1.29 is 23.1 Å². The van der Waals surface area contributed by atoms with Gasteiger partial charge in [0.1, 0.15) is 17.8 Å². The summed E-state index contributed by atoms with van der Waals surface area (Å²) in [5.74, 6) is -0.558. The Hall–Kier alpha value is -4.40. The number of nitrogens with zero attached hydrogens (tertiary/aromatic N) is 2. The number of aromatic nitrogens is 2. The van der Waals surface area contributed by atoms with Crippen LogP contribution in [0.15, 0.2) is 84.1 Å². The molecule has 9 heteroatoms. The lowest BCUT2D eigenvalue weighted by molar-refractivity contribution is -0.123. The highest BCUT2D eigenvalue weighted by Gasteiger charge is 2.41. The first-order chi connectivity index (χ1) is 18.0. The molecule has 2 atom stereocenters. The third kappa shape index (κ3) is 4.91. The van der Waals surface area contributed by atoms with Crippen LogP contribution in [0, 0.1) is 12.8 Å². The molecule has 0 bridgehead atoms. The van der Waals surface area contributed by atoms with Gasteiger partial charge in [-0.05, 0) is 65.8 Å². The van der Waals surface area contributed by atoms with E-state index in [0.29, 0.717) is 5.69 Å². The van der Waals surface area contributed by atoms with Gasteiger partial charge in [0.2, 0.25) is 5.43 Å². The number of pyridine rings is 2. The third-order valence-corrected chi connectivity index (χ3v) is 6.80. The van der Waals surface area contributed by atoms with E-state index in [1.807, 2.05) is 37.3 Å². The van der Waals surface area contributed by atoms with Gasteiger partial charge >= 0.3 is 6.18 Å². The number of aliphatic hydroxyl groups excluding tert-OH is 1. The van der Waals surface area contributed by atoms with Crippen LogP contribution in [0.25, 0.3) is 27.8 Å². The molecule has 0 radical (unpaired) electrons. The molecule has 0 saturated heterocycles. The Morgan fingerprint density at radius 2 is 1.92 bits per heavy atom. The molecule has 1 aliphatic carbocycles. The number of amides is 1. The fourth-order valence-electron chi connectivity index (χ4n) is 4.81. The molecule has 0 aliphatic heterocycles. The van der Waals surface area contributed by atoms with Crippen LogP contribution >= 0.6 is 0 Å². The molecule has 38 heavy (non-hydrogen) atoms. The summed E-state index contributed by atoms with van der Waals surface area (Å²) < 4.78 is 39.5. The summed E-state index contributed by atoms with van der Waals surface area (Å²) in [6, 6.07) is 16.5. The van der Waals surface area contributed by atoms with Crippen LogP contribution < -0.4 is 10.7 Å². The quantitative estimate of drug-likeness (QED) is 0.314. The molecular formula is C29H24F3N3O3. The number of fused-ring (bicyclic) bond motifs is 1. The number of rotatable bonds is 6. The zero-order valence-corrected chi connectivity index (χ0v) is 20.4. The molecule has 1 fully saturated rings. The summed E-state index contributed by atoms with van der Waals surface area (Å²) in [4.78, 5) is 29.8. The van der Waals surface area contributed by atoms with E-state index in [9.17, 15) is 27.9 Å². The molecule has 2 heterocycles. The van der Waals surface area contributed by atoms with Crippen molar-refractivity contribution in [1.82, 2.24) is 14.9 Å². The van der Waals surface area contributed by atoms with E-state index in [1.54, 1.807) is 11.4 Å². The number of alkyl halides is 3. The molecular weight excluding hydrogens is 495 g/mol. The maximum atomic E-state index is 12.9. The largest absolute Gasteiger partial charge is 0.513 e. The van der Waals surface area contributed by atoms with Crippen LogP contribution in [0.3, 0.4) is 0 Å². The molecule has 2 N–H and O–H groups in total. The second-order valence-corrected chi connectivity index (χ2v) is 9.48. The Balaban J connectivity index is 1.54. The monoisotopic (exact) mass is 519 g/mol. The van der Waals surface area contributed by atoms with Crippen molar-refractivity contribution in [2.24, 2.45) is 5.92 Å². The van der Waals surface area contributed by atoms with Gasteiger partial charge in [0, 0.05) is 24.0 Å².